The Labute approximate surface area is 145 Å². The zero-order valence-corrected chi connectivity index (χ0v) is 15.1. The topological polar surface area (TPSA) is 67.6 Å². The summed E-state index contributed by atoms with van der Waals surface area (Å²) in [5, 5.41) is 14.1. The molecule has 25 heavy (non-hydrogen) atoms. The number of carbonyl (C=O) groups is 1. The molecule has 0 saturated carbocycles. The van der Waals surface area contributed by atoms with Gasteiger partial charge in [0.15, 0.2) is 0 Å². The van der Waals surface area contributed by atoms with Crippen molar-refractivity contribution < 1.29 is 23.4 Å². The molecule has 0 radical (unpaired) electrons. The number of halogens is 2. The van der Waals surface area contributed by atoms with E-state index in [-0.39, 0.29) is 31.2 Å². The predicted molar refractivity (Wildman–Crippen MR) is 86.3 cm³/mol. The number of ether oxygens (including phenoxy) is 1. The van der Waals surface area contributed by atoms with Crippen LogP contribution in [0.2, 0.25) is 0 Å². The lowest BCUT2D eigenvalue weighted by atomic mass is 9.96. The summed E-state index contributed by atoms with van der Waals surface area (Å²) in [5.74, 6) is -3.17. The summed E-state index contributed by atoms with van der Waals surface area (Å²) >= 11 is 0. The molecule has 1 aromatic heterocycles. The average Bonchev–Trinajstić information content (AvgIpc) is 2.74. The number of carbonyl (C=O) groups excluding carboxylic acids is 1. The van der Waals surface area contributed by atoms with Crippen LogP contribution in [0.1, 0.15) is 57.5 Å². The molecule has 0 aromatic carbocycles. The summed E-state index contributed by atoms with van der Waals surface area (Å²) in [6, 6.07) is -0.180. The van der Waals surface area contributed by atoms with Crippen molar-refractivity contribution in [1.29, 1.82) is 0 Å². The fourth-order valence-corrected chi connectivity index (χ4v) is 3.50. The number of aliphatic hydroxyl groups excluding tert-OH is 1. The Hall–Kier alpha value is -1.70. The lowest BCUT2D eigenvalue weighted by molar-refractivity contribution is -0.0513. The van der Waals surface area contributed by atoms with Gasteiger partial charge < -0.3 is 14.7 Å². The first kappa shape index (κ1) is 18.1. The van der Waals surface area contributed by atoms with Gasteiger partial charge in [-0.3, -0.25) is 4.68 Å². The van der Waals surface area contributed by atoms with E-state index in [1.807, 2.05) is 6.92 Å². The molecule has 1 amide bonds. The lowest BCUT2D eigenvalue weighted by Gasteiger charge is -2.35. The molecule has 2 atom stereocenters. The van der Waals surface area contributed by atoms with Crippen molar-refractivity contribution in [2.24, 2.45) is 0 Å². The maximum Gasteiger partial charge on any atom is 0.410 e. The van der Waals surface area contributed by atoms with Gasteiger partial charge in [0.1, 0.15) is 11.3 Å². The van der Waals surface area contributed by atoms with E-state index >= 15 is 0 Å². The number of hydrogen-bond acceptors (Lipinski definition) is 4. The zero-order valence-electron chi connectivity index (χ0n) is 15.1. The SMILES string of the molecule is C[C@@H]1Cc2nn3c(c2CN1C(=O)OC(C)(C)C)C(F)(F)C[C@H](O)CC3. The largest absolute Gasteiger partial charge is 0.444 e. The Morgan fingerprint density at radius 1 is 1.40 bits per heavy atom. The molecule has 0 saturated heterocycles. The minimum absolute atomic E-state index is 0.0480. The van der Waals surface area contributed by atoms with E-state index in [2.05, 4.69) is 5.10 Å². The molecule has 3 heterocycles. The van der Waals surface area contributed by atoms with Gasteiger partial charge in [0.05, 0.1) is 18.3 Å². The Bertz CT molecular complexity index is 681. The number of aromatic nitrogens is 2. The second-order valence-electron chi connectivity index (χ2n) is 8.01. The Morgan fingerprint density at radius 2 is 2.08 bits per heavy atom. The second-order valence-corrected chi connectivity index (χ2v) is 8.01. The standard InChI is InChI=1S/C17H25F2N3O3/c1-10-7-13-12(9-21(10)15(24)25-16(2,3)4)14-17(18,19)8-11(23)5-6-22(14)20-13/h10-11,23H,5-9H2,1-4H3/t10-,11-/m1/s1. The third kappa shape index (κ3) is 3.49. The quantitative estimate of drug-likeness (QED) is 0.775. The van der Waals surface area contributed by atoms with Crippen LogP contribution in [0.25, 0.3) is 0 Å². The van der Waals surface area contributed by atoms with Crippen molar-refractivity contribution in [3.05, 3.63) is 17.0 Å². The van der Waals surface area contributed by atoms with Crippen molar-refractivity contribution in [2.45, 2.75) is 83.7 Å². The minimum Gasteiger partial charge on any atom is -0.444 e. The summed E-state index contributed by atoms with van der Waals surface area (Å²) in [5.41, 5.74) is 0.182. The van der Waals surface area contributed by atoms with Gasteiger partial charge in [0.25, 0.3) is 5.92 Å². The fourth-order valence-electron chi connectivity index (χ4n) is 3.50. The van der Waals surface area contributed by atoms with E-state index in [4.69, 9.17) is 4.74 Å². The van der Waals surface area contributed by atoms with Crippen LogP contribution in [0.4, 0.5) is 13.6 Å². The van der Waals surface area contributed by atoms with Crippen molar-refractivity contribution in [3.8, 4) is 0 Å². The van der Waals surface area contributed by atoms with Crippen molar-refractivity contribution in [3.63, 3.8) is 0 Å². The first-order valence-corrected chi connectivity index (χ1v) is 8.62. The number of aryl methyl sites for hydroxylation is 1. The normalized spacial score (nSPS) is 25.8. The Kier molecular flexibility index (Phi) is 4.29. The summed E-state index contributed by atoms with van der Waals surface area (Å²) in [6.45, 7) is 7.47. The molecular weight excluding hydrogens is 332 g/mol. The van der Waals surface area contributed by atoms with Gasteiger partial charge in [-0.2, -0.15) is 13.9 Å². The summed E-state index contributed by atoms with van der Waals surface area (Å²) in [6.07, 6.45) is -1.53. The van der Waals surface area contributed by atoms with Crippen LogP contribution in [-0.2, 0) is 30.2 Å². The number of aliphatic hydroxyl groups is 1. The maximum atomic E-state index is 14.7. The average molecular weight is 357 g/mol. The maximum absolute atomic E-state index is 14.7. The van der Waals surface area contributed by atoms with Gasteiger partial charge in [0, 0.05) is 31.0 Å². The Morgan fingerprint density at radius 3 is 2.72 bits per heavy atom. The van der Waals surface area contributed by atoms with Gasteiger partial charge in [-0.05, 0) is 34.1 Å². The molecule has 6 nitrogen and oxygen atoms in total. The van der Waals surface area contributed by atoms with Crippen LogP contribution >= 0.6 is 0 Å². The van der Waals surface area contributed by atoms with E-state index in [1.54, 1.807) is 20.8 Å². The lowest BCUT2D eigenvalue weighted by Crippen LogP contribution is -2.45. The van der Waals surface area contributed by atoms with Crippen LogP contribution in [0, 0.1) is 0 Å². The number of hydrogen-bond donors (Lipinski definition) is 1. The Balaban J connectivity index is 1.95. The van der Waals surface area contributed by atoms with Crippen LogP contribution in [0.5, 0.6) is 0 Å². The van der Waals surface area contributed by atoms with Crippen LogP contribution in [-0.4, -0.2) is 43.6 Å². The molecule has 8 heteroatoms. The zero-order chi connectivity index (χ0) is 18.6. The third-order valence-corrected chi connectivity index (χ3v) is 4.62. The molecule has 2 aliphatic heterocycles. The van der Waals surface area contributed by atoms with Crippen molar-refractivity contribution in [2.75, 3.05) is 0 Å². The van der Waals surface area contributed by atoms with Crippen LogP contribution < -0.4 is 0 Å². The van der Waals surface area contributed by atoms with E-state index in [1.165, 1.54) is 9.58 Å². The number of fused-ring (bicyclic) bond motifs is 3. The first-order chi connectivity index (χ1) is 11.5. The number of nitrogens with zero attached hydrogens (tertiary/aromatic N) is 3. The smallest absolute Gasteiger partial charge is 0.410 e. The fraction of sp³-hybridized carbons (Fsp3) is 0.765. The molecule has 0 bridgehead atoms. The highest BCUT2D eigenvalue weighted by molar-refractivity contribution is 5.69. The van der Waals surface area contributed by atoms with Gasteiger partial charge in [-0.1, -0.05) is 0 Å². The van der Waals surface area contributed by atoms with E-state index < -0.39 is 30.1 Å². The number of amides is 1. The van der Waals surface area contributed by atoms with Crippen molar-refractivity contribution >= 4 is 6.09 Å². The molecule has 3 rings (SSSR count). The van der Waals surface area contributed by atoms with E-state index in [0.717, 1.165) is 0 Å². The molecule has 0 unspecified atom stereocenters. The monoisotopic (exact) mass is 357 g/mol. The van der Waals surface area contributed by atoms with Gasteiger partial charge in [-0.15, -0.1) is 0 Å². The van der Waals surface area contributed by atoms with E-state index in [0.29, 0.717) is 17.7 Å². The second kappa shape index (κ2) is 5.93. The van der Waals surface area contributed by atoms with Crippen molar-refractivity contribution in [1.82, 2.24) is 14.7 Å². The van der Waals surface area contributed by atoms with E-state index in [9.17, 15) is 18.7 Å². The molecule has 1 aromatic rings. The number of rotatable bonds is 0. The van der Waals surface area contributed by atoms with Crippen LogP contribution in [0.3, 0.4) is 0 Å². The minimum atomic E-state index is -3.17. The molecule has 140 valence electrons. The molecule has 0 fully saturated rings. The third-order valence-electron chi connectivity index (χ3n) is 4.62. The highest BCUT2D eigenvalue weighted by Gasteiger charge is 2.45. The van der Waals surface area contributed by atoms with Crippen LogP contribution in [0.15, 0.2) is 0 Å². The summed E-state index contributed by atoms with van der Waals surface area (Å²) < 4.78 is 36.1. The summed E-state index contributed by atoms with van der Waals surface area (Å²) in [4.78, 5) is 13.9. The molecule has 2 aliphatic rings. The first-order valence-electron chi connectivity index (χ1n) is 8.62. The number of alkyl halides is 2. The molecule has 1 N–H and O–H groups in total. The van der Waals surface area contributed by atoms with Gasteiger partial charge in [-0.25, -0.2) is 4.79 Å². The summed E-state index contributed by atoms with van der Waals surface area (Å²) in [7, 11) is 0. The molecule has 0 aliphatic carbocycles. The molecule has 0 spiro atoms. The van der Waals surface area contributed by atoms with Gasteiger partial charge in [0.2, 0.25) is 0 Å². The highest BCUT2D eigenvalue weighted by atomic mass is 19.3. The predicted octanol–water partition coefficient (Wildman–Crippen LogP) is 2.81. The van der Waals surface area contributed by atoms with Gasteiger partial charge >= 0.3 is 6.09 Å². The highest BCUT2D eigenvalue weighted by Crippen LogP contribution is 2.41. The molecular formula is C17H25F2N3O3.